The van der Waals surface area contributed by atoms with E-state index in [2.05, 4.69) is 10.3 Å². The van der Waals surface area contributed by atoms with Gasteiger partial charge in [0.2, 0.25) is 5.88 Å². The van der Waals surface area contributed by atoms with Crippen molar-refractivity contribution in [3.05, 3.63) is 87.0 Å². The molecule has 8 heteroatoms. The molecule has 0 fully saturated rings. The van der Waals surface area contributed by atoms with Crippen molar-refractivity contribution < 1.29 is 19.4 Å². The maximum atomic E-state index is 12.9. The third-order valence-electron chi connectivity index (χ3n) is 4.41. The molecule has 1 aromatic heterocycles. The predicted molar refractivity (Wildman–Crippen MR) is 115 cm³/mol. The Bertz CT molecular complexity index is 1120. The Morgan fingerprint density at radius 2 is 1.83 bits per heavy atom. The van der Waals surface area contributed by atoms with Gasteiger partial charge in [0, 0.05) is 11.2 Å². The molecule has 2 N–H and O–H groups in total. The van der Waals surface area contributed by atoms with Crippen LogP contribution in [0.25, 0.3) is 0 Å². The van der Waals surface area contributed by atoms with Crippen LogP contribution in [0.2, 0.25) is 10.0 Å². The van der Waals surface area contributed by atoms with Gasteiger partial charge in [0.15, 0.2) is 0 Å². The molecule has 0 radical (unpaired) electrons. The van der Waals surface area contributed by atoms with E-state index in [1.54, 1.807) is 43.3 Å². The summed E-state index contributed by atoms with van der Waals surface area (Å²) < 4.78 is 5.79. The van der Waals surface area contributed by atoms with Crippen LogP contribution < -0.4 is 10.1 Å². The quantitative estimate of drug-likeness (QED) is 0.510. The van der Waals surface area contributed by atoms with Crippen molar-refractivity contribution in [2.45, 2.75) is 19.9 Å². The number of nitrogens with zero attached hydrogens (tertiary/aromatic N) is 1. The molecule has 2 aromatic carbocycles. The van der Waals surface area contributed by atoms with Crippen molar-refractivity contribution in [2.75, 3.05) is 0 Å². The number of rotatable bonds is 6. The number of aryl methyl sites for hydroxylation is 1. The normalized spacial score (nSPS) is 11.6. The monoisotopic (exact) mass is 444 g/mol. The molecule has 6 nitrogen and oxygen atoms in total. The van der Waals surface area contributed by atoms with Crippen LogP contribution in [0.3, 0.4) is 0 Å². The van der Waals surface area contributed by atoms with Gasteiger partial charge >= 0.3 is 5.97 Å². The zero-order valence-corrected chi connectivity index (χ0v) is 17.7. The topological polar surface area (TPSA) is 88.5 Å². The van der Waals surface area contributed by atoms with Crippen LogP contribution >= 0.6 is 23.2 Å². The molecule has 0 saturated heterocycles. The molecule has 1 amide bonds. The van der Waals surface area contributed by atoms with E-state index in [0.29, 0.717) is 16.3 Å². The van der Waals surface area contributed by atoms with Gasteiger partial charge in [-0.25, -0.2) is 9.78 Å². The summed E-state index contributed by atoms with van der Waals surface area (Å²) in [6, 6.07) is 12.4. The minimum absolute atomic E-state index is 0.0670. The summed E-state index contributed by atoms with van der Waals surface area (Å²) in [6.45, 7) is 3.53. The van der Waals surface area contributed by atoms with Gasteiger partial charge < -0.3 is 15.2 Å². The molecule has 3 rings (SSSR count). The van der Waals surface area contributed by atoms with E-state index in [-0.39, 0.29) is 22.0 Å². The third kappa shape index (κ3) is 4.90. The lowest BCUT2D eigenvalue weighted by Crippen LogP contribution is -2.28. The fraction of sp³-hybridized carbons (Fsp3) is 0.136. The molecule has 1 atom stereocenters. The Balaban J connectivity index is 1.88. The number of nitrogens with one attached hydrogen (secondary N) is 1. The van der Waals surface area contributed by atoms with Gasteiger partial charge in [-0.3, -0.25) is 4.79 Å². The Morgan fingerprint density at radius 1 is 1.10 bits per heavy atom. The molecule has 0 aliphatic carbocycles. The van der Waals surface area contributed by atoms with Gasteiger partial charge in [-0.1, -0.05) is 41.4 Å². The van der Waals surface area contributed by atoms with E-state index in [4.69, 9.17) is 27.9 Å². The Labute approximate surface area is 183 Å². The van der Waals surface area contributed by atoms with Crippen molar-refractivity contribution in [2.24, 2.45) is 0 Å². The number of carboxylic acid groups (broad SMARTS) is 1. The minimum Gasteiger partial charge on any atom is -0.478 e. The second-order valence-electron chi connectivity index (χ2n) is 6.61. The second kappa shape index (κ2) is 9.15. The average molecular weight is 445 g/mol. The van der Waals surface area contributed by atoms with E-state index in [1.807, 2.05) is 6.92 Å². The van der Waals surface area contributed by atoms with Crippen molar-refractivity contribution in [1.29, 1.82) is 0 Å². The molecule has 1 heterocycles. The van der Waals surface area contributed by atoms with Crippen LogP contribution in [0.15, 0.2) is 54.7 Å². The third-order valence-corrected chi connectivity index (χ3v) is 5.04. The van der Waals surface area contributed by atoms with Crippen LogP contribution in [0.1, 0.15) is 44.8 Å². The molecule has 154 valence electrons. The van der Waals surface area contributed by atoms with Gasteiger partial charge in [-0.05, 0) is 55.3 Å². The molecule has 0 aliphatic rings. The van der Waals surface area contributed by atoms with Gasteiger partial charge in [0.1, 0.15) is 11.3 Å². The Morgan fingerprint density at radius 3 is 2.53 bits per heavy atom. The zero-order valence-electron chi connectivity index (χ0n) is 16.1. The largest absolute Gasteiger partial charge is 0.478 e. The highest BCUT2D eigenvalue weighted by Crippen LogP contribution is 2.29. The number of hydrogen-bond donors (Lipinski definition) is 2. The SMILES string of the molecule is Cc1cc(Oc2ncc(Cl)cc2C(=O)N[C@@H](C)c2ccccc2C(=O)O)ccc1Cl. The van der Waals surface area contributed by atoms with E-state index in [1.165, 1.54) is 18.3 Å². The van der Waals surface area contributed by atoms with Crippen molar-refractivity contribution >= 4 is 35.1 Å². The maximum absolute atomic E-state index is 12.9. The number of benzene rings is 2. The highest BCUT2D eigenvalue weighted by molar-refractivity contribution is 6.31. The lowest BCUT2D eigenvalue weighted by molar-refractivity contribution is 0.0693. The lowest BCUT2D eigenvalue weighted by Gasteiger charge is -2.17. The lowest BCUT2D eigenvalue weighted by atomic mass is 10.0. The number of pyridine rings is 1. The summed E-state index contributed by atoms with van der Waals surface area (Å²) in [7, 11) is 0. The molecule has 0 unspecified atom stereocenters. The fourth-order valence-electron chi connectivity index (χ4n) is 2.88. The van der Waals surface area contributed by atoms with Crippen molar-refractivity contribution in [1.82, 2.24) is 10.3 Å². The first-order valence-corrected chi connectivity index (χ1v) is 9.74. The van der Waals surface area contributed by atoms with Crippen LogP contribution in [-0.2, 0) is 0 Å². The smallest absolute Gasteiger partial charge is 0.336 e. The number of carboxylic acids is 1. The predicted octanol–water partition coefficient (Wildman–Crippen LogP) is 5.68. The minimum atomic E-state index is -1.07. The number of carbonyl (C=O) groups is 2. The van der Waals surface area contributed by atoms with Gasteiger partial charge in [0.25, 0.3) is 5.91 Å². The first-order valence-electron chi connectivity index (χ1n) is 8.99. The van der Waals surface area contributed by atoms with Crippen molar-refractivity contribution in [3.8, 4) is 11.6 Å². The second-order valence-corrected chi connectivity index (χ2v) is 7.45. The van der Waals surface area contributed by atoms with E-state index < -0.39 is 17.9 Å². The van der Waals surface area contributed by atoms with Crippen molar-refractivity contribution in [3.63, 3.8) is 0 Å². The summed E-state index contributed by atoms with van der Waals surface area (Å²) in [4.78, 5) is 28.5. The number of carbonyl (C=O) groups excluding carboxylic acids is 1. The number of hydrogen-bond acceptors (Lipinski definition) is 4. The standard InChI is InChI=1S/C22H18Cl2N2O4/c1-12-9-15(7-8-19(12)24)30-21-18(10-14(23)11-25-21)20(27)26-13(2)16-5-3-4-6-17(16)22(28)29/h3-11,13H,1-2H3,(H,26,27)(H,28,29)/t13-/m0/s1. The molecule has 0 saturated carbocycles. The van der Waals surface area contributed by atoms with E-state index >= 15 is 0 Å². The fourth-order valence-corrected chi connectivity index (χ4v) is 3.16. The summed E-state index contributed by atoms with van der Waals surface area (Å²) >= 11 is 12.1. The van der Waals surface area contributed by atoms with Gasteiger partial charge in [0.05, 0.1) is 16.6 Å². The number of amides is 1. The molecular weight excluding hydrogens is 427 g/mol. The first kappa shape index (κ1) is 21.6. The van der Waals surface area contributed by atoms with E-state index in [0.717, 1.165) is 5.56 Å². The first-order chi connectivity index (χ1) is 14.3. The molecule has 0 aliphatic heterocycles. The number of ether oxygens (including phenoxy) is 1. The van der Waals surface area contributed by atoms with Crippen LogP contribution in [0.4, 0.5) is 0 Å². The summed E-state index contributed by atoms with van der Waals surface area (Å²) in [5.74, 6) is -1.04. The van der Waals surface area contributed by atoms with Crippen LogP contribution in [0.5, 0.6) is 11.6 Å². The number of aromatic nitrogens is 1. The Hall–Kier alpha value is -3.09. The van der Waals surface area contributed by atoms with Gasteiger partial charge in [-0.2, -0.15) is 0 Å². The summed E-state index contributed by atoms with van der Waals surface area (Å²) in [5, 5.41) is 13.0. The van der Waals surface area contributed by atoms with E-state index in [9.17, 15) is 14.7 Å². The number of aromatic carboxylic acids is 1. The Kier molecular flexibility index (Phi) is 6.59. The van der Waals surface area contributed by atoms with Gasteiger partial charge in [-0.15, -0.1) is 0 Å². The summed E-state index contributed by atoms with van der Waals surface area (Å²) in [5.41, 5.74) is 1.52. The maximum Gasteiger partial charge on any atom is 0.336 e. The molecule has 3 aromatic rings. The molecule has 0 spiro atoms. The highest BCUT2D eigenvalue weighted by Gasteiger charge is 2.21. The van der Waals surface area contributed by atoms with Crippen LogP contribution in [0, 0.1) is 6.92 Å². The molecular formula is C22H18Cl2N2O4. The summed E-state index contributed by atoms with van der Waals surface area (Å²) in [6.07, 6.45) is 1.37. The average Bonchev–Trinajstić information content (AvgIpc) is 2.71. The molecule has 30 heavy (non-hydrogen) atoms. The highest BCUT2D eigenvalue weighted by atomic mass is 35.5. The molecule has 0 bridgehead atoms. The number of halogens is 2. The van der Waals surface area contributed by atoms with Crippen LogP contribution in [-0.4, -0.2) is 22.0 Å². The zero-order chi connectivity index (χ0) is 21.8.